The Morgan fingerprint density at radius 3 is 2.54 bits per heavy atom. The lowest BCUT2D eigenvalue weighted by Gasteiger charge is -2.32. The average molecular weight is 419 g/mol. The van der Waals surface area contributed by atoms with Crippen LogP contribution in [0.2, 0.25) is 0 Å². The SMILES string of the molecule is CC(=O)OC1(C)C(=O)C2=COC(COc3ccccc3)=CC2=C(Br)C1=O. The summed E-state index contributed by atoms with van der Waals surface area (Å²) in [4.78, 5) is 36.6. The first-order valence-electron chi connectivity index (χ1n) is 7.77. The molecule has 1 atom stereocenters. The highest BCUT2D eigenvalue weighted by atomic mass is 79.9. The Bertz CT molecular complexity index is 881. The van der Waals surface area contributed by atoms with Gasteiger partial charge in [-0.2, -0.15) is 0 Å². The van der Waals surface area contributed by atoms with Crippen molar-refractivity contribution in [2.24, 2.45) is 0 Å². The number of hydrogen-bond donors (Lipinski definition) is 0. The number of benzene rings is 1. The minimum atomic E-state index is -1.91. The fourth-order valence-electron chi connectivity index (χ4n) is 2.65. The van der Waals surface area contributed by atoms with Gasteiger partial charge in [0.25, 0.3) is 0 Å². The van der Waals surface area contributed by atoms with Crippen LogP contribution in [-0.4, -0.2) is 29.7 Å². The third-order valence-electron chi connectivity index (χ3n) is 3.94. The van der Waals surface area contributed by atoms with Crippen LogP contribution in [0.25, 0.3) is 0 Å². The van der Waals surface area contributed by atoms with Gasteiger partial charge in [0.1, 0.15) is 24.4 Å². The molecule has 0 fully saturated rings. The van der Waals surface area contributed by atoms with E-state index in [0.29, 0.717) is 17.1 Å². The third kappa shape index (κ3) is 3.22. The van der Waals surface area contributed by atoms with Crippen molar-refractivity contribution in [3.8, 4) is 5.75 Å². The van der Waals surface area contributed by atoms with E-state index in [-0.39, 0.29) is 16.7 Å². The monoisotopic (exact) mass is 418 g/mol. The molecule has 0 N–H and O–H groups in total. The van der Waals surface area contributed by atoms with Crippen LogP contribution in [0.1, 0.15) is 13.8 Å². The largest absolute Gasteiger partial charge is 0.486 e. The van der Waals surface area contributed by atoms with Crippen LogP contribution in [0.3, 0.4) is 0 Å². The molecule has 3 rings (SSSR count). The number of allylic oxidation sites excluding steroid dienone is 2. The van der Waals surface area contributed by atoms with Gasteiger partial charge in [0, 0.05) is 12.5 Å². The van der Waals surface area contributed by atoms with E-state index in [1.54, 1.807) is 18.2 Å². The Kier molecular flexibility index (Phi) is 4.82. The summed E-state index contributed by atoms with van der Waals surface area (Å²) in [6.07, 6.45) is 2.81. The van der Waals surface area contributed by atoms with Gasteiger partial charge in [-0.05, 0) is 41.1 Å². The van der Waals surface area contributed by atoms with Crippen LogP contribution in [-0.2, 0) is 23.9 Å². The summed E-state index contributed by atoms with van der Waals surface area (Å²) in [5, 5.41) is 0. The molecular weight excluding hydrogens is 404 g/mol. The zero-order valence-corrected chi connectivity index (χ0v) is 15.7. The van der Waals surface area contributed by atoms with E-state index >= 15 is 0 Å². The van der Waals surface area contributed by atoms with Gasteiger partial charge in [0.05, 0.1) is 10.1 Å². The molecule has 26 heavy (non-hydrogen) atoms. The first kappa shape index (κ1) is 18.1. The van der Waals surface area contributed by atoms with Crippen molar-refractivity contribution in [1.82, 2.24) is 0 Å². The molecule has 0 aromatic heterocycles. The van der Waals surface area contributed by atoms with Gasteiger partial charge in [-0.15, -0.1) is 0 Å². The molecule has 0 saturated heterocycles. The summed E-state index contributed by atoms with van der Waals surface area (Å²) in [6, 6.07) is 9.17. The summed E-state index contributed by atoms with van der Waals surface area (Å²) in [7, 11) is 0. The quantitative estimate of drug-likeness (QED) is 0.552. The highest BCUT2D eigenvalue weighted by Gasteiger charge is 2.52. The second-order valence-electron chi connectivity index (χ2n) is 5.87. The molecule has 0 saturated carbocycles. The first-order chi connectivity index (χ1) is 12.3. The topological polar surface area (TPSA) is 78.9 Å². The molecule has 1 aromatic rings. The number of ketones is 2. The van der Waals surface area contributed by atoms with E-state index in [4.69, 9.17) is 14.2 Å². The number of para-hydroxylation sites is 1. The Labute approximate surface area is 158 Å². The van der Waals surface area contributed by atoms with Gasteiger partial charge in [0.15, 0.2) is 0 Å². The maximum Gasteiger partial charge on any atom is 0.304 e. The predicted octanol–water partition coefficient (Wildman–Crippen LogP) is 2.99. The summed E-state index contributed by atoms with van der Waals surface area (Å²) in [5.74, 6) is -0.872. The van der Waals surface area contributed by atoms with E-state index in [0.717, 1.165) is 6.92 Å². The van der Waals surface area contributed by atoms with E-state index in [2.05, 4.69) is 15.9 Å². The van der Waals surface area contributed by atoms with E-state index < -0.39 is 23.1 Å². The third-order valence-corrected chi connectivity index (χ3v) is 4.73. The van der Waals surface area contributed by atoms with Gasteiger partial charge in [-0.25, -0.2) is 0 Å². The highest BCUT2D eigenvalue weighted by molar-refractivity contribution is 9.12. The molecule has 7 heteroatoms. The number of carbonyl (C=O) groups is 3. The Morgan fingerprint density at radius 1 is 1.19 bits per heavy atom. The first-order valence-corrected chi connectivity index (χ1v) is 8.57. The molecule has 1 aliphatic heterocycles. The molecule has 2 aliphatic rings. The lowest BCUT2D eigenvalue weighted by molar-refractivity contribution is -0.167. The zero-order chi connectivity index (χ0) is 18.9. The van der Waals surface area contributed by atoms with Gasteiger partial charge >= 0.3 is 5.97 Å². The molecule has 0 bridgehead atoms. The van der Waals surface area contributed by atoms with Crippen molar-refractivity contribution in [2.75, 3.05) is 6.61 Å². The van der Waals surface area contributed by atoms with Crippen LogP contribution in [0.4, 0.5) is 0 Å². The van der Waals surface area contributed by atoms with E-state index in [1.165, 1.54) is 13.2 Å². The number of ether oxygens (including phenoxy) is 3. The average Bonchev–Trinajstić information content (AvgIpc) is 2.63. The predicted molar refractivity (Wildman–Crippen MR) is 95.3 cm³/mol. The van der Waals surface area contributed by atoms with Crippen molar-refractivity contribution >= 4 is 33.5 Å². The van der Waals surface area contributed by atoms with Crippen molar-refractivity contribution < 1.29 is 28.6 Å². The number of Topliss-reactive ketones (excluding diaryl/α,β-unsaturated/α-hetero) is 2. The van der Waals surface area contributed by atoms with Gasteiger partial charge in [-0.1, -0.05) is 18.2 Å². The highest BCUT2D eigenvalue weighted by Crippen LogP contribution is 2.39. The molecule has 0 spiro atoms. The molecule has 6 nitrogen and oxygen atoms in total. The number of fused-ring (bicyclic) bond motifs is 1. The lowest BCUT2D eigenvalue weighted by atomic mass is 9.80. The van der Waals surface area contributed by atoms with Gasteiger partial charge in [-0.3, -0.25) is 14.4 Å². The van der Waals surface area contributed by atoms with Crippen molar-refractivity contribution in [3.63, 3.8) is 0 Å². The standard InChI is InChI=1S/C19H15BrO6/c1-11(21)26-19(2)17(22)15-10-25-13(8-14(15)16(20)18(19)23)9-24-12-6-4-3-5-7-12/h3-8,10H,9H2,1-2H3. The molecule has 1 unspecified atom stereocenters. The maximum atomic E-state index is 12.7. The second-order valence-corrected chi connectivity index (χ2v) is 6.67. The van der Waals surface area contributed by atoms with Gasteiger partial charge in [0.2, 0.25) is 17.2 Å². The van der Waals surface area contributed by atoms with Crippen LogP contribution in [0, 0.1) is 0 Å². The number of esters is 1. The zero-order valence-electron chi connectivity index (χ0n) is 14.1. The van der Waals surface area contributed by atoms with Crippen LogP contribution < -0.4 is 4.74 Å². The normalized spacial score (nSPS) is 22.1. The van der Waals surface area contributed by atoms with Crippen molar-refractivity contribution in [1.29, 1.82) is 0 Å². The second kappa shape index (κ2) is 6.92. The minimum absolute atomic E-state index is 0.126. The summed E-state index contributed by atoms with van der Waals surface area (Å²) in [6.45, 7) is 2.54. The van der Waals surface area contributed by atoms with Gasteiger partial charge < -0.3 is 14.2 Å². The molecule has 1 heterocycles. The lowest BCUT2D eigenvalue weighted by Crippen LogP contribution is -2.51. The van der Waals surface area contributed by atoms with Crippen molar-refractivity contribution in [2.45, 2.75) is 19.4 Å². The molecule has 0 amide bonds. The molecule has 0 radical (unpaired) electrons. The van der Waals surface area contributed by atoms with Crippen LogP contribution in [0.5, 0.6) is 5.75 Å². The summed E-state index contributed by atoms with van der Waals surface area (Å²) in [5.41, 5.74) is -1.37. The molecule has 1 aliphatic carbocycles. The Hall–Kier alpha value is -2.67. The van der Waals surface area contributed by atoms with Crippen molar-refractivity contribution in [3.05, 3.63) is 64.1 Å². The molecular formula is C19H15BrO6. The molecule has 134 valence electrons. The number of halogens is 1. The Morgan fingerprint density at radius 2 is 1.88 bits per heavy atom. The van der Waals surface area contributed by atoms with Crippen LogP contribution >= 0.6 is 15.9 Å². The summed E-state index contributed by atoms with van der Waals surface area (Å²) >= 11 is 3.22. The minimum Gasteiger partial charge on any atom is -0.486 e. The van der Waals surface area contributed by atoms with E-state index in [1.807, 2.05) is 18.2 Å². The van der Waals surface area contributed by atoms with Crippen LogP contribution in [0.15, 0.2) is 64.1 Å². The fraction of sp³-hybridized carbons (Fsp3) is 0.211. The molecule has 1 aromatic carbocycles. The maximum absolute atomic E-state index is 12.7. The van der Waals surface area contributed by atoms with E-state index in [9.17, 15) is 14.4 Å². The fourth-order valence-corrected chi connectivity index (χ4v) is 3.35. The number of rotatable bonds is 4. The summed E-state index contributed by atoms with van der Waals surface area (Å²) < 4.78 is 16.2. The number of carbonyl (C=O) groups excluding carboxylic acids is 3. The Balaban J connectivity index is 1.87. The smallest absolute Gasteiger partial charge is 0.304 e. The number of hydrogen-bond acceptors (Lipinski definition) is 6.